The first kappa shape index (κ1) is 12.6. The van der Waals surface area contributed by atoms with Crippen molar-refractivity contribution in [2.24, 2.45) is 0 Å². The number of likely N-dealkylation sites (tertiary alicyclic amines) is 1. The highest BCUT2D eigenvalue weighted by Gasteiger charge is 2.36. The van der Waals surface area contributed by atoms with Crippen LogP contribution < -0.4 is 0 Å². The average Bonchev–Trinajstić information content (AvgIpc) is 2.62. The van der Waals surface area contributed by atoms with Gasteiger partial charge in [-0.1, -0.05) is 6.07 Å². The monoisotopic (exact) mass is 259 g/mol. The second kappa shape index (κ2) is 4.93. The fraction of sp³-hybridized carbons (Fsp3) is 0.600. The molecule has 2 fully saturated rings. The number of carbonyl (C=O) groups excluding carboxylic acids is 1. The van der Waals surface area contributed by atoms with E-state index in [9.17, 15) is 4.79 Å². The number of hydrogen-bond donors (Lipinski definition) is 0. The lowest BCUT2D eigenvalue weighted by molar-refractivity contribution is 0.0734. The summed E-state index contributed by atoms with van der Waals surface area (Å²) in [5.41, 5.74) is 1.49. The maximum absolute atomic E-state index is 12.5. The fourth-order valence-corrected chi connectivity index (χ4v) is 3.32. The van der Waals surface area contributed by atoms with E-state index in [0.717, 1.165) is 25.2 Å². The molecule has 1 aromatic rings. The molecule has 2 unspecified atom stereocenters. The summed E-state index contributed by atoms with van der Waals surface area (Å²) >= 11 is 0. The van der Waals surface area contributed by atoms with Gasteiger partial charge in [0, 0.05) is 30.9 Å². The first-order valence-electron chi connectivity index (χ1n) is 7.10. The molecule has 1 amide bonds. The molecular weight excluding hydrogens is 238 g/mol. The Morgan fingerprint density at radius 3 is 2.84 bits per heavy atom. The van der Waals surface area contributed by atoms with Gasteiger partial charge < -0.3 is 4.90 Å². The molecule has 2 aliphatic heterocycles. The molecule has 3 rings (SSSR count). The van der Waals surface area contributed by atoms with Gasteiger partial charge in [-0.2, -0.15) is 0 Å². The zero-order valence-electron chi connectivity index (χ0n) is 11.7. The third-order valence-corrected chi connectivity index (χ3v) is 4.54. The SMILES string of the molecule is Cc1cccc(C(=O)N2CCC3CCC(C2)N3C)n1. The van der Waals surface area contributed by atoms with E-state index < -0.39 is 0 Å². The number of rotatable bonds is 1. The Hall–Kier alpha value is -1.42. The number of fused-ring (bicyclic) bond motifs is 2. The molecule has 19 heavy (non-hydrogen) atoms. The van der Waals surface area contributed by atoms with Crippen molar-refractivity contribution in [2.75, 3.05) is 20.1 Å². The second-order valence-electron chi connectivity index (χ2n) is 5.75. The van der Waals surface area contributed by atoms with E-state index >= 15 is 0 Å². The molecule has 2 atom stereocenters. The maximum Gasteiger partial charge on any atom is 0.272 e. The maximum atomic E-state index is 12.5. The van der Waals surface area contributed by atoms with Crippen molar-refractivity contribution in [2.45, 2.75) is 38.3 Å². The van der Waals surface area contributed by atoms with Gasteiger partial charge in [0.15, 0.2) is 0 Å². The Balaban J connectivity index is 1.77. The average molecular weight is 259 g/mol. The van der Waals surface area contributed by atoms with E-state index in [2.05, 4.69) is 16.9 Å². The van der Waals surface area contributed by atoms with Gasteiger partial charge in [-0.3, -0.25) is 9.69 Å². The molecule has 2 bridgehead atoms. The lowest BCUT2D eigenvalue weighted by atomic mass is 10.1. The molecule has 0 N–H and O–H groups in total. The Bertz CT molecular complexity index is 488. The number of carbonyl (C=O) groups is 1. The number of pyridine rings is 1. The molecule has 1 aromatic heterocycles. The minimum atomic E-state index is 0.0876. The quantitative estimate of drug-likeness (QED) is 0.770. The largest absolute Gasteiger partial charge is 0.336 e. The normalized spacial score (nSPS) is 27.4. The van der Waals surface area contributed by atoms with Crippen molar-refractivity contribution < 1.29 is 4.79 Å². The molecule has 0 saturated carbocycles. The van der Waals surface area contributed by atoms with Crippen LogP contribution in [0.25, 0.3) is 0 Å². The van der Waals surface area contributed by atoms with Gasteiger partial charge in [0.2, 0.25) is 0 Å². The summed E-state index contributed by atoms with van der Waals surface area (Å²) < 4.78 is 0. The highest BCUT2D eigenvalue weighted by molar-refractivity contribution is 5.92. The highest BCUT2D eigenvalue weighted by Crippen LogP contribution is 2.28. The van der Waals surface area contributed by atoms with Gasteiger partial charge in [0.05, 0.1) is 0 Å². The third-order valence-electron chi connectivity index (χ3n) is 4.54. The van der Waals surface area contributed by atoms with Gasteiger partial charge in [0.25, 0.3) is 5.91 Å². The summed E-state index contributed by atoms with van der Waals surface area (Å²) in [4.78, 5) is 21.3. The van der Waals surface area contributed by atoms with Crippen LogP contribution in [0.4, 0.5) is 0 Å². The van der Waals surface area contributed by atoms with Crippen LogP contribution in [0.1, 0.15) is 35.4 Å². The van der Waals surface area contributed by atoms with Crippen LogP contribution in [-0.2, 0) is 0 Å². The molecule has 0 aliphatic carbocycles. The second-order valence-corrected chi connectivity index (χ2v) is 5.75. The van der Waals surface area contributed by atoms with Gasteiger partial charge >= 0.3 is 0 Å². The Morgan fingerprint density at radius 1 is 1.26 bits per heavy atom. The van der Waals surface area contributed by atoms with Crippen LogP contribution in [0.15, 0.2) is 18.2 Å². The molecule has 102 valence electrons. The summed E-state index contributed by atoms with van der Waals surface area (Å²) in [6, 6.07) is 6.84. The number of likely N-dealkylation sites (N-methyl/N-ethyl adjacent to an activating group) is 1. The number of aryl methyl sites for hydroxylation is 1. The standard InChI is InChI=1S/C15H21N3O/c1-11-4-3-5-14(16-11)15(19)18-9-8-12-6-7-13(10-18)17(12)2/h3-5,12-13H,6-10H2,1-2H3. The van der Waals surface area contributed by atoms with Crippen LogP contribution in [0.3, 0.4) is 0 Å². The number of nitrogens with zero attached hydrogens (tertiary/aromatic N) is 3. The smallest absolute Gasteiger partial charge is 0.272 e. The zero-order valence-corrected chi connectivity index (χ0v) is 11.7. The number of amides is 1. The number of hydrogen-bond acceptors (Lipinski definition) is 3. The predicted octanol–water partition coefficient (Wildman–Crippen LogP) is 1.70. The topological polar surface area (TPSA) is 36.4 Å². The molecule has 2 aliphatic rings. The minimum Gasteiger partial charge on any atom is -0.336 e. The molecular formula is C15H21N3O. The van der Waals surface area contributed by atoms with Crippen LogP contribution in [0, 0.1) is 6.92 Å². The van der Waals surface area contributed by atoms with Crippen molar-refractivity contribution in [3.63, 3.8) is 0 Å². The zero-order chi connectivity index (χ0) is 13.4. The summed E-state index contributed by atoms with van der Waals surface area (Å²) in [5, 5.41) is 0. The van der Waals surface area contributed by atoms with Gasteiger partial charge in [-0.25, -0.2) is 4.98 Å². The summed E-state index contributed by atoms with van der Waals surface area (Å²) in [6.45, 7) is 3.64. The molecule has 0 aromatic carbocycles. The van der Waals surface area contributed by atoms with Crippen LogP contribution in [0.5, 0.6) is 0 Å². The summed E-state index contributed by atoms with van der Waals surface area (Å²) in [7, 11) is 2.20. The third kappa shape index (κ3) is 2.37. The predicted molar refractivity (Wildman–Crippen MR) is 74.1 cm³/mol. The van der Waals surface area contributed by atoms with Crippen LogP contribution >= 0.6 is 0 Å². The first-order chi connectivity index (χ1) is 9.15. The molecule has 4 heteroatoms. The lowest BCUT2D eigenvalue weighted by Crippen LogP contribution is -2.40. The molecule has 3 heterocycles. The Kier molecular flexibility index (Phi) is 3.27. The van der Waals surface area contributed by atoms with Crippen molar-refractivity contribution in [1.82, 2.24) is 14.8 Å². The van der Waals surface area contributed by atoms with Crippen molar-refractivity contribution in [3.8, 4) is 0 Å². The van der Waals surface area contributed by atoms with Crippen LogP contribution in [0.2, 0.25) is 0 Å². The van der Waals surface area contributed by atoms with E-state index in [4.69, 9.17) is 0 Å². The van der Waals surface area contributed by atoms with Gasteiger partial charge in [-0.15, -0.1) is 0 Å². The minimum absolute atomic E-state index is 0.0876. The van der Waals surface area contributed by atoms with Crippen LogP contribution in [-0.4, -0.2) is 52.9 Å². The highest BCUT2D eigenvalue weighted by atomic mass is 16.2. The molecule has 0 radical (unpaired) electrons. The van der Waals surface area contributed by atoms with Crippen molar-refractivity contribution >= 4 is 5.91 Å². The summed E-state index contributed by atoms with van der Waals surface area (Å²) in [5.74, 6) is 0.0876. The van der Waals surface area contributed by atoms with E-state index in [0.29, 0.717) is 17.8 Å². The van der Waals surface area contributed by atoms with Gasteiger partial charge in [-0.05, 0) is 45.4 Å². The lowest BCUT2D eigenvalue weighted by Gasteiger charge is -2.25. The Morgan fingerprint density at radius 2 is 2.05 bits per heavy atom. The Labute approximate surface area is 114 Å². The van der Waals surface area contributed by atoms with E-state index in [1.807, 2.05) is 30.0 Å². The van der Waals surface area contributed by atoms with Crippen molar-refractivity contribution in [3.05, 3.63) is 29.6 Å². The van der Waals surface area contributed by atoms with E-state index in [1.54, 1.807) is 0 Å². The fourth-order valence-electron chi connectivity index (χ4n) is 3.32. The van der Waals surface area contributed by atoms with Crippen molar-refractivity contribution in [1.29, 1.82) is 0 Å². The number of aromatic nitrogens is 1. The van der Waals surface area contributed by atoms with E-state index in [-0.39, 0.29) is 5.91 Å². The van der Waals surface area contributed by atoms with Gasteiger partial charge in [0.1, 0.15) is 5.69 Å². The first-order valence-corrected chi connectivity index (χ1v) is 7.10. The van der Waals surface area contributed by atoms with E-state index in [1.165, 1.54) is 12.8 Å². The molecule has 4 nitrogen and oxygen atoms in total. The summed E-state index contributed by atoms with van der Waals surface area (Å²) in [6.07, 6.45) is 3.59. The molecule has 0 spiro atoms. The molecule has 2 saturated heterocycles.